The smallest absolute Gasteiger partial charge is 0.258 e. The topological polar surface area (TPSA) is 138 Å². The van der Waals surface area contributed by atoms with E-state index in [4.69, 9.17) is 9.47 Å². The van der Waals surface area contributed by atoms with Crippen LogP contribution in [0.1, 0.15) is 38.7 Å². The second kappa shape index (κ2) is 14.1. The molecule has 38 heavy (non-hydrogen) atoms. The van der Waals surface area contributed by atoms with Crippen LogP contribution in [0.5, 0.6) is 5.75 Å². The number of carbonyl (C=O) groups is 4. The van der Waals surface area contributed by atoms with E-state index in [1.807, 2.05) is 13.8 Å². The van der Waals surface area contributed by atoms with Gasteiger partial charge in [0.1, 0.15) is 17.8 Å². The fraction of sp³-hybridized carbons (Fsp3) is 0.630. The first-order valence-electron chi connectivity index (χ1n) is 13.2. The van der Waals surface area contributed by atoms with Gasteiger partial charge in [-0.15, -0.1) is 0 Å². The van der Waals surface area contributed by atoms with Gasteiger partial charge in [-0.3, -0.25) is 19.2 Å². The third-order valence-electron chi connectivity index (χ3n) is 6.79. The van der Waals surface area contributed by atoms with Crippen molar-refractivity contribution in [2.45, 2.75) is 57.7 Å². The van der Waals surface area contributed by atoms with Gasteiger partial charge in [0.25, 0.3) is 5.91 Å². The first kappa shape index (κ1) is 29.4. The number of fused-ring (bicyclic) bond motifs is 13. The molecule has 3 aliphatic rings. The van der Waals surface area contributed by atoms with Gasteiger partial charge < -0.3 is 35.0 Å². The van der Waals surface area contributed by atoms with Crippen molar-refractivity contribution in [2.24, 2.45) is 5.92 Å². The normalized spacial score (nSPS) is 23.4. The van der Waals surface area contributed by atoms with Crippen LogP contribution in [-0.2, 0) is 30.3 Å². The maximum atomic E-state index is 13.5. The van der Waals surface area contributed by atoms with Crippen molar-refractivity contribution in [3.63, 3.8) is 0 Å². The second-order valence-electron chi connectivity index (χ2n) is 10.3. The van der Waals surface area contributed by atoms with Crippen molar-refractivity contribution in [3.05, 3.63) is 29.8 Å². The Labute approximate surface area is 223 Å². The quantitative estimate of drug-likeness (QED) is 0.424. The first-order valence-corrected chi connectivity index (χ1v) is 13.2. The number of nitrogens with one attached hydrogen (secondary N) is 2. The van der Waals surface area contributed by atoms with Crippen LogP contribution in [0.4, 0.5) is 0 Å². The summed E-state index contributed by atoms with van der Waals surface area (Å²) in [7, 11) is 1.50. The van der Waals surface area contributed by atoms with Gasteiger partial charge in [0, 0.05) is 26.6 Å². The largest absolute Gasteiger partial charge is 0.484 e. The van der Waals surface area contributed by atoms with E-state index in [-0.39, 0.29) is 57.2 Å². The zero-order chi connectivity index (χ0) is 27.7. The third-order valence-corrected chi connectivity index (χ3v) is 6.79. The van der Waals surface area contributed by atoms with E-state index in [1.54, 1.807) is 29.2 Å². The lowest BCUT2D eigenvalue weighted by Gasteiger charge is -2.31. The molecular formula is C27H40N4O7. The second-order valence-corrected chi connectivity index (χ2v) is 10.3. The van der Waals surface area contributed by atoms with E-state index in [2.05, 4.69) is 10.6 Å². The van der Waals surface area contributed by atoms with E-state index in [0.29, 0.717) is 25.1 Å². The fourth-order valence-corrected chi connectivity index (χ4v) is 4.85. The Morgan fingerprint density at radius 2 is 1.89 bits per heavy atom. The molecule has 1 aromatic rings. The summed E-state index contributed by atoms with van der Waals surface area (Å²) in [4.78, 5) is 55.9. The zero-order valence-corrected chi connectivity index (χ0v) is 22.5. The molecule has 210 valence electrons. The Kier molecular flexibility index (Phi) is 10.9. The van der Waals surface area contributed by atoms with E-state index in [9.17, 15) is 24.3 Å². The number of hydrogen-bond acceptors (Lipinski definition) is 7. The average molecular weight is 533 g/mol. The van der Waals surface area contributed by atoms with Crippen molar-refractivity contribution < 1.29 is 33.8 Å². The molecule has 11 heteroatoms. The molecule has 3 N–H and O–H groups in total. The van der Waals surface area contributed by atoms with E-state index in [1.165, 1.54) is 12.0 Å². The molecule has 3 heterocycles. The van der Waals surface area contributed by atoms with Gasteiger partial charge in [-0.2, -0.15) is 0 Å². The summed E-state index contributed by atoms with van der Waals surface area (Å²) in [6.07, 6.45) is 2.09. The van der Waals surface area contributed by atoms with Crippen molar-refractivity contribution >= 4 is 23.6 Å². The van der Waals surface area contributed by atoms with E-state index >= 15 is 0 Å². The number of amides is 4. The Morgan fingerprint density at radius 3 is 2.55 bits per heavy atom. The van der Waals surface area contributed by atoms with Crippen LogP contribution in [0.25, 0.3) is 0 Å². The van der Waals surface area contributed by atoms with Crippen LogP contribution in [0, 0.1) is 5.92 Å². The summed E-state index contributed by atoms with van der Waals surface area (Å²) in [6.45, 7) is 4.03. The Bertz CT molecular complexity index is 969. The number of aliphatic hydroxyl groups excluding tert-OH is 1. The van der Waals surface area contributed by atoms with Crippen LogP contribution < -0.4 is 15.4 Å². The molecule has 0 saturated carbocycles. The number of nitrogens with zero attached hydrogens (tertiary/aromatic N) is 2. The summed E-state index contributed by atoms with van der Waals surface area (Å²) in [5.41, 5.74) is 0.789. The molecule has 0 aliphatic carbocycles. The molecule has 2 bridgehead atoms. The standard InChI is InChI=1S/C27H40N4O7/c1-18(2)13-22-26(35)30(11-12-37-3)15-24(33)28-23(27(36)31-10-4-5-20(31)16-32)14-19-6-8-21(9-7-19)38-17-25(34)29-22/h6-9,18,20,22-23,32H,4-5,10-17H2,1-3H3,(H,28,33)(H,29,34)/t20-,22-,23-/m0/s1. The molecule has 11 nitrogen and oxygen atoms in total. The number of aliphatic hydroxyl groups is 1. The summed E-state index contributed by atoms with van der Waals surface area (Å²) in [5, 5.41) is 15.3. The molecule has 1 fully saturated rings. The number of methoxy groups -OCH3 is 1. The van der Waals surface area contributed by atoms with Gasteiger partial charge in [0.15, 0.2) is 6.61 Å². The number of hydrogen-bond donors (Lipinski definition) is 3. The van der Waals surface area contributed by atoms with Crippen molar-refractivity contribution in [1.29, 1.82) is 0 Å². The van der Waals surface area contributed by atoms with Crippen LogP contribution in [0.3, 0.4) is 0 Å². The highest BCUT2D eigenvalue weighted by atomic mass is 16.5. The molecule has 1 aromatic carbocycles. The van der Waals surface area contributed by atoms with Crippen molar-refractivity contribution in [3.8, 4) is 5.75 Å². The number of ether oxygens (including phenoxy) is 2. The van der Waals surface area contributed by atoms with Crippen LogP contribution in [-0.4, -0.2) is 103 Å². The lowest BCUT2D eigenvalue weighted by Crippen LogP contribution is -2.56. The Balaban J connectivity index is 1.92. The third kappa shape index (κ3) is 8.16. The molecule has 0 unspecified atom stereocenters. The van der Waals surface area contributed by atoms with Gasteiger partial charge in [-0.1, -0.05) is 26.0 Å². The minimum atomic E-state index is -0.875. The van der Waals surface area contributed by atoms with Gasteiger partial charge in [0.2, 0.25) is 17.7 Å². The molecule has 4 amide bonds. The first-order chi connectivity index (χ1) is 18.2. The fourth-order valence-electron chi connectivity index (χ4n) is 4.85. The summed E-state index contributed by atoms with van der Waals surface area (Å²) < 4.78 is 10.8. The summed E-state index contributed by atoms with van der Waals surface area (Å²) in [6, 6.07) is 4.97. The van der Waals surface area contributed by atoms with Gasteiger partial charge >= 0.3 is 0 Å². The van der Waals surface area contributed by atoms with Crippen molar-refractivity contribution in [1.82, 2.24) is 20.4 Å². The molecule has 0 spiro atoms. The number of rotatable bonds is 7. The maximum Gasteiger partial charge on any atom is 0.258 e. The van der Waals surface area contributed by atoms with E-state index < -0.39 is 29.8 Å². The summed E-state index contributed by atoms with van der Waals surface area (Å²) in [5.74, 6) is -1.03. The molecule has 1 saturated heterocycles. The van der Waals surface area contributed by atoms with Gasteiger partial charge in [-0.05, 0) is 42.9 Å². The molecule has 0 aromatic heterocycles. The Morgan fingerprint density at radius 1 is 1.16 bits per heavy atom. The monoisotopic (exact) mass is 532 g/mol. The Hall–Kier alpha value is -3.18. The predicted octanol–water partition coefficient (Wildman–Crippen LogP) is 0.0955. The minimum Gasteiger partial charge on any atom is -0.484 e. The van der Waals surface area contributed by atoms with Crippen molar-refractivity contribution in [2.75, 3.05) is 46.6 Å². The number of benzene rings is 1. The average Bonchev–Trinajstić information content (AvgIpc) is 3.37. The van der Waals surface area contributed by atoms with Gasteiger partial charge in [-0.25, -0.2) is 0 Å². The van der Waals surface area contributed by atoms with Crippen LogP contribution in [0.2, 0.25) is 0 Å². The van der Waals surface area contributed by atoms with Crippen LogP contribution >= 0.6 is 0 Å². The molecule has 3 atom stereocenters. The van der Waals surface area contributed by atoms with Crippen LogP contribution in [0.15, 0.2) is 24.3 Å². The van der Waals surface area contributed by atoms with Gasteiger partial charge in [0.05, 0.1) is 25.8 Å². The summed E-state index contributed by atoms with van der Waals surface area (Å²) >= 11 is 0. The highest BCUT2D eigenvalue weighted by Crippen LogP contribution is 2.20. The molecular weight excluding hydrogens is 492 g/mol. The molecule has 0 radical (unpaired) electrons. The van der Waals surface area contributed by atoms with E-state index in [0.717, 1.165) is 12.0 Å². The highest BCUT2D eigenvalue weighted by molar-refractivity contribution is 5.93. The minimum absolute atomic E-state index is 0.100. The number of carbonyl (C=O) groups excluding carboxylic acids is 4. The molecule has 4 rings (SSSR count). The number of likely N-dealkylation sites (tertiary alicyclic amines) is 1. The maximum absolute atomic E-state index is 13.5. The SMILES string of the molecule is COCCN1CC(=O)N[C@H](C(=O)N2CCC[C@H]2CO)Cc2ccc(cc2)OCC(=O)N[C@@H](CC(C)C)C1=O. The lowest BCUT2D eigenvalue weighted by atomic mass is 10.0. The highest BCUT2D eigenvalue weighted by Gasteiger charge is 2.35. The zero-order valence-electron chi connectivity index (χ0n) is 22.5. The lowest BCUT2D eigenvalue weighted by molar-refractivity contribution is -0.142. The predicted molar refractivity (Wildman–Crippen MR) is 139 cm³/mol. The molecule has 3 aliphatic heterocycles.